The van der Waals surface area contributed by atoms with Crippen molar-refractivity contribution in [3.63, 3.8) is 0 Å². The lowest BCUT2D eigenvalue weighted by molar-refractivity contribution is 0.187. The molecule has 0 saturated carbocycles. The molecule has 0 spiro atoms. The zero-order valence-electron chi connectivity index (χ0n) is 10.4. The summed E-state index contributed by atoms with van der Waals surface area (Å²) in [5.41, 5.74) is 0.974. The van der Waals surface area contributed by atoms with E-state index in [4.69, 9.17) is 5.11 Å². The second kappa shape index (κ2) is 6.56. The minimum absolute atomic E-state index is 0.0307. The van der Waals surface area contributed by atoms with Crippen LogP contribution in [0.15, 0.2) is 5.38 Å². The monoisotopic (exact) mass is 257 g/mol. The summed E-state index contributed by atoms with van der Waals surface area (Å²) >= 11 is 1.56. The highest BCUT2D eigenvalue weighted by molar-refractivity contribution is 7.09. The maximum atomic E-state index is 11.8. The van der Waals surface area contributed by atoms with Gasteiger partial charge in [0.15, 0.2) is 0 Å². The standard InChI is InChI=1S/C11H19N3O2S/c1-4-9(10-12-8(2)7-17-10)13-11(16)14(3)5-6-15/h7,9,15H,4-6H2,1-3H3,(H,13,16). The number of amides is 2. The Kier molecular flexibility index (Phi) is 5.37. The molecule has 96 valence electrons. The Morgan fingerprint density at radius 1 is 1.71 bits per heavy atom. The molecule has 1 aromatic rings. The number of aromatic nitrogens is 1. The first-order chi connectivity index (χ1) is 8.08. The molecular formula is C11H19N3O2S. The van der Waals surface area contributed by atoms with Crippen molar-refractivity contribution in [2.75, 3.05) is 20.2 Å². The highest BCUT2D eigenvalue weighted by atomic mass is 32.1. The van der Waals surface area contributed by atoms with Crippen molar-refractivity contribution in [2.24, 2.45) is 0 Å². The molecule has 5 nitrogen and oxygen atoms in total. The molecule has 0 aliphatic rings. The van der Waals surface area contributed by atoms with Crippen molar-refractivity contribution in [1.29, 1.82) is 0 Å². The third-order valence-corrected chi connectivity index (χ3v) is 3.50. The molecule has 17 heavy (non-hydrogen) atoms. The van der Waals surface area contributed by atoms with Gasteiger partial charge in [0.2, 0.25) is 0 Å². The van der Waals surface area contributed by atoms with Crippen molar-refractivity contribution in [3.05, 3.63) is 16.1 Å². The van der Waals surface area contributed by atoms with Crippen molar-refractivity contribution in [3.8, 4) is 0 Å². The second-order valence-corrected chi connectivity index (χ2v) is 4.77. The van der Waals surface area contributed by atoms with E-state index in [9.17, 15) is 4.79 Å². The number of rotatable bonds is 5. The predicted octanol–water partition coefficient (Wildman–Crippen LogP) is 1.54. The number of aryl methyl sites for hydroxylation is 1. The molecule has 0 bridgehead atoms. The number of hydrogen-bond acceptors (Lipinski definition) is 4. The first-order valence-corrected chi connectivity index (χ1v) is 6.51. The van der Waals surface area contributed by atoms with Gasteiger partial charge in [-0.05, 0) is 13.3 Å². The number of aliphatic hydroxyl groups is 1. The third-order valence-electron chi connectivity index (χ3n) is 2.42. The molecule has 1 atom stereocenters. The Bertz CT molecular complexity index is 367. The maximum Gasteiger partial charge on any atom is 0.317 e. The van der Waals surface area contributed by atoms with E-state index < -0.39 is 0 Å². The smallest absolute Gasteiger partial charge is 0.317 e. The van der Waals surface area contributed by atoms with E-state index in [1.807, 2.05) is 19.2 Å². The summed E-state index contributed by atoms with van der Waals surface area (Å²) in [6.07, 6.45) is 0.797. The third kappa shape index (κ3) is 3.98. The van der Waals surface area contributed by atoms with E-state index in [2.05, 4.69) is 10.3 Å². The molecule has 0 saturated heterocycles. The Balaban J connectivity index is 2.61. The Hall–Kier alpha value is -1.14. The van der Waals surface area contributed by atoms with Gasteiger partial charge in [-0.1, -0.05) is 6.92 Å². The minimum Gasteiger partial charge on any atom is -0.395 e. The van der Waals surface area contributed by atoms with Gasteiger partial charge in [-0.15, -0.1) is 11.3 Å². The molecule has 0 aliphatic heterocycles. The highest BCUT2D eigenvalue weighted by Gasteiger charge is 2.17. The fourth-order valence-corrected chi connectivity index (χ4v) is 2.31. The molecule has 2 N–H and O–H groups in total. The van der Waals surface area contributed by atoms with Gasteiger partial charge in [0.1, 0.15) is 5.01 Å². The lowest BCUT2D eigenvalue weighted by Crippen LogP contribution is -2.40. The van der Waals surface area contributed by atoms with E-state index >= 15 is 0 Å². The van der Waals surface area contributed by atoms with E-state index in [-0.39, 0.29) is 18.7 Å². The van der Waals surface area contributed by atoms with Crippen molar-refractivity contribution < 1.29 is 9.90 Å². The Morgan fingerprint density at radius 3 is 2.88 bits per heavy atom. The van der Waals surface area contributed by atoms with Crippen LogP contribution in [0, 0.1) is 6.92 Å². The molecule has 0 aliphatic carbocycles. The van der Waals surface area contributed by atoms with Crippen LogP contribution in [-0.2, 0) is 0 Å². The van der Waals surface area contributed by atoms with E-state index in [1.165, 1.54) is 4.90 Å². The minimum atomic E-state index is -0.182. The molecule has 1 rings (SSSR count). The van der Waals surface area contributed by atoms with Gasteiger partial charge in [-0.2, -0.15) is 0 Å². The first kappa shape index (κ1) is 13.9. The summed E-state index contributed by atoms with van der Waals surface area (Å²) in [5, 5.41) is 14.6. The molecule has 6 heteroatoms. The number of nitrogens with one attached hydrogen (secondary N) is 1. The van der Waals surface area contributed by atoms with Crippen LogP contribution in [0.1, 0.15) is 30.1 Å². The topological polar surface area (TPSA) is 65.5 Å². The molecule has 0 fully saturated rings. The largest absolute Gasteiger partial charge is 0.395 e. The van der Waals surface area contributed by atoms with Gasteiger partial charge in [0.05, 0.1) is 12.6 Å². The fourth-order valence-electron chi connectivity index (χ4n) is 1.38. The van der Waals surface area contributed by atoms with E-state index in [1.54, 1.807) is 18.4 Å². The Morgan fingerprint density at radius 2 is 2.41 bits per heavy atom. The van der Waals surface area contributed by atoms with Crippen molar-refractivity contribution in [1.82, 2.24) is 15.2 Å². The first-order valence-electron chi connectivity index (χ1n) is 5.63. The number of carbonyl (C=O) groups is 1. The van der Waals surface area contributed by atoms with Gasteiger partial charge >= 0.3 is 6.03 Å². The summed E-state index contributed by atoms with van der Waals surface area (Å²) in [6.45, 7) is 4.25. The molecule has 1 heterocycles. The molecule has 0 radical (unpaired) electrons. The number of urea groups is 1. The summed E-state index contributed by atoms with van der Waals surface area (Å²) in [7, 11) is 1.66. The quantitative estimate of drug-likeness (QED) is 0.841. The van der Waals surface area contributed by atoms with E-state index in [0.29, 0.717) is 6.54 Å². The maximum absolute atomic E-state index is 11.8. The van der Waals surface area contributed by atoms with Gasteiger partial charge in [-0.3, -0.25) is 0 Å². The zero-order valence-corrected chi connectivity index (χ0v) is 11.3. The fraction of sp³-hybridized carbons (Fsp3) is 0.636. The normalized spacial score (nSPS) is 12.2. The lowest BCUT2D eigenvalue weighted by Gasteiger charge is -2.20. The van der Waals surface area contributed by atoms with Crippen LogP contribution in [0.2, 0.25) is 0 Å². The number of nitrogens with zero attached hydrogens (tertiary/aromatic N) is 2. The van der Waals surface area contributed by atoms with Crippen LogP contribution in [0.5, 0.6) is 0 Å². The number of aliphatic hydroxyl groups excluding tert-OH is 1. The average molecular weight is 257 g/mol. The number of likely N-dealkylation sites (N-methyl/N-ethyl adjacent to an activating group) is 1. The van der Waals surface area contributed by atoms with Crippen LogP contribution in [0.25, 0.3) is 0 Å². The SMILES string of the molecule is CCC(NC(=O)N(C)CCO)c1nc(C)cs1. The van der Waals surface area contributed by atoms with Gasteiger partial charge in [-0.25, -0.2) is 9.78 Å². The Labute approximate surface area is 105 Å². The van der Waals surface area contributed by atoms with Gasteiger partial charge in [0, 0.05) is 24.7 Å². The summed E-state index contributed by atoms with van der Waals surface area (Å²) < 4.78 is 0. The van der Waals surface area contributed by atoms with Gasteiger partial charge < -0.3 is 15.3 Å². The summed E-state index contributed by atoms with van der Waals surface area (Å²) in [6, 6.07) is -0.235. The molecule has 0 aromatic carbocycles. The average Bonchev–Trinajstić information content (AvgIpc) is 2.72. The van der Waals surface area contributed by atoms with Crippen LogP contribution in [-0.4, -0.2) is 41.2 Å². The predicted molar refractivity (Wildman–Crippen MR) is 68.1 cm³/mol. The zero-order chi connectivity index (χ0) is 12.8. The van der Waals surface area contributed by atoms with Crippen molar-refractivity contribution in [2.45, 2.75) is 26.3 Å². The lowest BCUT2D eigenvalue weighted by atomic mass is 10.2. The van der Waals surface area contributed by atoms with E-state index in [0.717, 1.165) is 17.1 Å². The highest BCUT2D eigenvalue weighted by Crippen LogP contribution is 2.20. The van der Waals surface area contributed by atoms with Crippen LogP contribution in [0.3, 0.4) is 0 Å². The second-order valence-electron chi connectivity index (χ2n) is 3.88. The molecule has 1 aromatic heterocycles. The number of carbonyl (C=O) groups excluding carboxylic acids is 1. The van der Waals surface area contributed by atoms with Crippen molar-refractivity contribution >= 4 is 17.4 Å². The van der Waals surface area contributed by atoms with Gasteiger partial charge in [0.25, 0.3) is 0 Å². The molecular weight excluding hydrogens is 238 g/mol. The summed E-state index contributed by atoms with van der Waals surface area (Å²) in [5.74, 6) is 0. The molecule has 2 amide bonds. The molecule has 1 unspecified atom stereocenters. The van der Waals surface area contributed by atoms with Crippen LogP contribution < -0.4 is 5.32 Å². The number of thiazole rings is 1. The number of hydrogen-bond donors (Lipinski definition) is 2. The van der Waals surface area contributed by atoms with Crippen LogP contribution >= 0.6 is 11.3 Å². The summed E-state index contributed by atoms with van der Waals surface area (Å²) in [4.78, 5) is 17.6. The van der Waals surface area contributed by atoms with Crippen LogP contribution in [0.4, 0.5) is 4.79 Å².